The summed E-state index contributed by atoms with van der Waals surface area (Å²) in [7, 11) is 0. The van der Waals surface area contributed by atoms with Crippen LogP contribution >= 0.6 is 0 Å². The van der Waals surface area contributed by atoms with Gasteiger partial charge >= 0.3 is 12.0 Å². The van der Waals surface area contributed by atoms with Gasteiger partial charge in [0.2, 0.25) is 5.91 Å². The van der Waals surface area contributed by atoms with E-state index in [-0.39, 0.29) is 31.0 Å². The van der Waals surface area contributed by atoms with Crippen molar-refractivity contribution in [2.45, 2.75) is 40.2 Å². The highest BCUT2D eigenvalue weighted by Gasteiger charge is 2.19. The third-order valence-corrected chi connectivity index (χ3v) is 2.47. The van der Waals surface area contributed by atoms with Crippen LogP contribution in [0.3, 0.4) is 0 Å². The molecule has 0 aliphatic heterocycles. The van der Waals surface area contributed by atoms with E-state index < -0.39 is 17.9 Å². The monoisotopic (exact) mass is 287 g/mol. The number of nitrogens with one attached hydrogen (secondary N) is 3. The Morgan fingerprint density at radius 2 is 1.65 bits per heavy atom. The molecule has 0 aromatic rings. The fourth-order valence-electron chi connectivity index (χ4n) is 1.65. The van der Waals surface area contributed by atoms with Crippen molar-refractivity contribution < 1.29 is 19.5 Å². The number of carbonyl (C=O) groups excluding carboxylic acids is 2. The van der Waals surface area contributed by atoms with Gasteiger partial charge in [-0.1, -0.05) is 13.8 Å². The number of rotatable bonds is 8. The summed E-state index contributed by atoms with van der Waals surface area (Å²) >= 11 is 0. The number of urea groups is 1. The first kappa shape index (κ1) is 18.2. The molecular formula is C13H25N3O4. The molecule has 0 rings (SSSR count). The highest BCUT2D eigenvalue weighted by Crippen LogP contribution is 2.10. The molecule has 0 fully saturated rings. The average Bonchev–Trinajstić information content (AvgIpc) is 2.30. The normalized spacial score (nSPS) is 12.1. The summed E-state index contributed by atoms with van der Waals surface area (Å²) in [5.74, 6) is -1.60. The molecule has 1 unspecified atom stereocenters. The predicted molar refractivity (Wildman–Crippen MR) is 75.3 cm³/mol. The van der Waals surface area contributed by atoms with E-state index in [4.69, 9.17) is 5.11 Å². The highest BCUT2D eigenvalue weighted by molar-refractivity contribution is 5.84. The summed E-state index contributed by atoms with van der Waals surface area (Å²) in [4.78, 5) is 33.8. The fraction of sp³-hybridized carbons (Fsp3) is 0.769. The van der Waals surface area contributed by atoms with E-state index >= 15 is 0 Å². The Bertz CT molecular complexity index is 343. The van der Waals surface area contributed by atoms with Crippen LogP contribution in [-0.4, -0.2) is 42.1 Å². The van der Waals surface area contributed by atoms with Crippen LogP contribution in [0.25, 0.3) is 0 Å². The number of carbonyl (C=O) groups is 3. The lowest BCUT2D eigenvalue weighted by molar-refractivity contribution is -0.142. The van der Waals surface area contributed by atoms with Gasteiger partial charge < -0.3 is 21.1 Å². The lowest BCUT2D eigenvalue weighted by Crippen LogP contribution is -2.45. The van der Waals surface area contributed by atoms with Crippen LogP contribution in [0.5, 0.6) is 0 Å². The van der Waals surface area contributed by atoms with Crippen molar-refractivity contribution in [3.05, 3.63) is 0 Å². The van der Waals surface area contributed by atoms with Crippen molar-refractivity contribution >= 4 is 17.9 Å². The zero-order chi connectivity index (χ0) is 15.7. The van der Waals surface area contributed by atoms with Gasteiger partial charge in [0.05, 0.1) is 12.5 Å². The standard InChI is InChI=1S/C13H25N3O4/c1-8(2)5-10(12(18)19)6-14-13(20)15-7-11(17)16-9(3)4/h8-10H,5-7H2,1-4H3,(H,16,17)(H,18,19)(H2,14,15,20). The molecule has 7 heteroatoms. The number of carboxylic acid groups (broad SMARTS) is 1. The average molecular weight is 287 g/mol. The Kier molecular flexibility index (Phi) is 8.35. The first-order valence-electron chi connectivity index (χ1n) is 6.76. The smallest absolute Gasteiger partial charge is 0.315 e. The molecule has 0 bridgehead atoms. The molecule has 0 aromatic heterocycles. The van der Waals surface area contributed by atoms with E-state index in [0.29, 0.717) is 6.42 Å². The van der Waals surface area contributed by atoms with Crippen molar-refractivity contribution in [2.24, 2.45) is 11.8 Å². The molecule has 0 spiro atoms. The molecule has 0 aliphatic rings. The minimum Gasteiger partial charge on any atom is -0.481 e. The summed E-state index contributed by atoms with van der Waals surface area (Å²) in [6.45, 7) is 7.40. The number of hydrogen-bond donors (Lipinski definition) is 4. The Morgan fingerprint density at radius 3 is 2.10 bits per heavy atom. The number of carboxylic acids is 1. The number of hydrogen-bond acceptors (Lipinski definition) is 3. The second-order valence-corrected chi connectivity index (χ2v) is 5.45. The molecule has 0 aromatic carbocycles. The molecule has 0 saturated heterocycles. The van der Waals surface area contributed by atoms with Crippen LogP contribution in [0, 0.1) is 11.8 Å². The van der Waals surface area contributed by atoms with Gasteiger partial charge in [0.15, 0.2) is 0 Å². The van der Waals surface area contributed by atoms with Crippen molar-refractivity contribution in [3.63, 3.8) is 0 Å². The van der Waals surface area contributed by atoms with Gasteiger partial charge in [-0.25, -0.2) is 4.79 Å². The van der Waals surface area contributed by atoms with Crippen molar-refractivity contribution in [3.8, 4) is 0 Å². The minimum atomic E-state index is -0.934. The van der Waals surface area contributed by atoms with Crippen molar-refractivity contribution in [2.75, 3.05) is 13.1 Å². The van der Waals surface area contributed by atoms with E-state index in [2.05, 4.69) is 16.0 Å². The maximum Gasteiger partial charge on any atom is 0.315 e. The van der Waals surface area contributed by atoms with Crippen molar-refractivity contribution in [1.29, 1.82) is 0 Å². The SMILES string of the molecule is CC(C)CC(CNC(=O)NCC(=O)NC(C)C)C(=O)O. The molecule has 1 atom stereocenters. The summed E-state index contributed by atoms with van der Waals surface area (Å²) < 4.78 is 0. The maximum absolute atomic E-state index is 11.5. The third kappa shape index (κ3) is 9.18. The summed E-state index contributed by atoms with van der Waals surface area (Å²) in [6, 6.07) is -0.534. The van der Waals surface area contributed by atoms with Crippen LogP contribution in [-0.2, 0) is 9.59 Å². The van der Waals surface area contributed by atoms with E-state index in [0.717, 1.165) is 0 Å². The van der Waals surface area contributed by atoms with Gasteiger partial charge in [-0.15, -0.1) is 0 Å². The van der Waals surface area contributed by atoms with Gasteiger partial charge in [-0.05, 0) is 26.2 Å². The Labute approximate surface area is 119 Å². The van der Waals surface area contributed by atoms with Gasteiger partial charge in [-0.2, -0.15) is 0 Å². The molecule has 0 radical (unpaired) electrons. The third-order valence-electron chi connectivity index (χ3n) is 2.47. The highest BCUT2D eigenvalue weighted by atomic mass is 16.4. The zero-order valence-corrected chi connectivity index (χ0v) is 12.5. The maximum atomic E-state index is 11.5. The number of aliphatic carboxylic acids is 1. The first-order valence-corrected chi connectivity index (χ1v) is 6.76. The molecule has 0 aliphatic carbocycles. The van der Waals surface area contributed by atoms with Gasteiger partial charge in [-0.3, -0.25) is 9.59 Å². The van der Waals surface area contributed by atoms with Gasteiger partial charge in [0.25, 0.3) is 0 Å². The van der Waals surface area contributed by atoms with Crippen LogP contribution in [0.2, 0.25) is 0 Å². The fourth-order valence-corrected chi connectivity index (χ4v) is 1.65. The van der Waals surface area contributed by atoms with Gasteiger partial charge in [0, 0.05) is 12.6 Å². The summed E-state index contributed by atoms with van der Waals surface area (Å²) in [6.07, 6.45) is 0.490. The van der Waals surface area contributed by atoms with Crippen molar-refractivity contribution in [1.82, 2.24) is 16.0 Å². The topological polar surface area (TPSA) is 108 Å². The zero-order valence-electron chi connectivity index (χ0n) is 12.5. The summed E-state index contributed by atoms with van der Waals surface area (Å²) in [5, 5.41) is 16.5. The molecular weight excluding hydrogens is 262 g/mol. The molecule has 4 N–H and O–H groups in total. The molecule has 116 valence electrons. The Morgan fingerprint density at radius 1 is 1.05 bits per heavy atom. The Balaban J connectivity index is 4.01. The molecule has 0 saturated carbocycles. The second-order valence-electron chi connectivity index (χ2n) is 5.45. The van der Waals surface area contributed by atoms with E-state index in [9.17, 15) is 14.4 Å². The van der Waals surface area contributed by atoms with E-state index in [1.165, 1.54) is 0 Å². The summed E-state index contributed by atoms with van der Waals surface area (Å²) in [5.41, 5.74) is 0. The molecule has 20 heavy (non-hydrogen) atoms. The van der Waals surface area contributed by atoms with Crippen LogP contribution in [0.1, 0.15) is 34.1 Å². The number of amides is 3. The Hall–Kier alpha value is -1.79. The van der Waals surface area contributed by atoms with Crippen LogP contribution < -0.4 is 16.0 Å². The van der Waals surface area contributed by atoms with E-state index in [1.807, 2.05) is 27.7 Å². The predicted octanol–water partition coefficient (Wildman–Crippen LogP) is 0.557. The lowest BCUT2D eigenvalue weighted by Gasteiger charge is -2.16. The first-order chi connectivity index (χ1) is 9.22. The largest absolute Gasteiger partial charge is 0.481 e. The van der Waals surface area contributed by atoms with Crippen LogP contribution in [0.15, 0.2) is 0 Å². The molecule has 3 amide bonds. The van der Waals surface area contributed by atoms with E-state index in [1.54, 1.807) is 0 Å². The second kappa shape index (κ2) is 9.17. The molecule has 7 nitrogen and oxygen atoms in total. The minimum absolute atomic E-state index is 0.00907. The molecule has 0 heterocycles. The quantitative estimate of drug-likeness (QED) is 0.523. The van der Waals surface area contributed by atoms with Crippen LogP contribution in [0.4, 0.5) is 4.79 Å². The lowest BCUT2D eigenvalue weighted by atomic mass is 9.97. The van der Waals surface area contributed by atoms with Gasteiger partial charge in [0.1, 0.15) is 0 Å².